The van der Waals surface area contributed by atoms with Gasteiger partial charge in [0.15, 0.2) is 0 Å². The number of carbonyl (C=O) groups is 1. The van der Waals surface area contributed by atoms with Crippen molar-refractivity contribution >= 4 is 23.1 Å². The third-order valence-corrected chi connectivity index (χ3v) is 3.10. The molecule has 17 heavy (non-hydrogen) atoms. The van der Waals surface area contributed by atoms with E-state index in [0.717, 1.165) is 24.0 Å². The lowest BCUT2D eigenvalue weighted by Crippen LogP contribution is -2.08. The second kappa shape index (κ2) is 5.37. The summed E-state index contributed by atoms with van der Waals surface area (Å²) >= 11 is 6.00. The number of hydrogen-bond donors (Lipinski definition) is 0. The summed E-state index contributed by atoms with van der Waals surface area (Å²) in [7, 11) is 0. The average molecular weight is 251 g/mol. The maximum atomic E-state index is 11.5. The largest absolute Gasteiger partial charge is 0.466 e. The van der Waals surface area contributed by atoms with E-state index in [1.165, 1.54) is 5.56 Å². The number of fused-ring (bicyclic) bond motifs is 1. The lowest BCUT2D eigenvalue weighted by atomic mass is 9.89. The molecule has 0 saturated heterocycles. The molecule has 0 heterocycles. The van der Waals surface area contributed by atoms with Gasteiger partial charge in [-0.25, -0.2) is 0 Å². The van der Waals surface area contributed by atoms with Crippen LogP contribution in [-0.2, 0) is 16.0 Å². The van der Waals surface area contributed by atoms with Crippen molar-refractivity contribution < 1.29 is 9.53 Å². The van der Waals surface area contributed by atoms with E-state index < -0.39 is 0 Å². The molecule has 0 unspecified atom stereocenters. The van der Waals surface area contributed by atoms with Gasteiger partial charge in [0.25, 0.3) is 0 Å². The number of allylic oxidation sites excluding steroid dienone is 1. The van der Waals surface area contributed by atoms with E-state index in [1.54, 1.807) is 0 Å². The highest BCUT2D eigenvalue weighted by Crippen LogP contribution is 2.31. The molecule has 0 atom stereocenters. The summed E-state index contributed by atoms with van der Waals surface area (Å²) in [6.45, 7) is 2.24. The van der Waals surface area contributed by atoms with Crippen LogP contribution in [0.25, 0.3) is 5.57 Å². The van der Waals surface area contributed by atoms with Crippen LogP contribution in [0.3, 0.4) is 0 Å². The summed E-state index contributed by atoms with van der Waals surface area (Å²) < 4.78 is 4.98. The lowest BCUT2D eigenvalue weighted by Gasteiger charge is -2.17. The van der Waals surface area contributed by atoms with Gasteiger partial charge in [-0.15, -0.1) is 0 Å². The van der Waals surface area contributed by atoms with Crippen LogP contribution in [0, 0.1) is 0 Å². The number of carbonyl (C=O) groups excluding carboxylic acids is 1. The Morgan fingerprint density at radius 1 is 1.47 bits per heavy atom. The maximum absolute atomic E-state index is 11.5. The topological polar surface area (TPSA) is 26.3 Å². The third kappa shape index (κ3) is 2.89. The van der Waals surface area contributed by atoms with Crippen molar-refractivity contribution in [2.45, 2.75) is 26.2 Å². The normalized spacial score (nSPS) is 13.9. The number of rotatable bonds is 3. The van der Waals surface area contributed by atoms with Crippen molar-refractivity contribution in [3.63, 3.8) is 0 Å². The van der Waals surface area contributed by atoms with Crippen LogP contribution in [-0.4, -0.2) is 12.6 Å². The summed E-state index contributed by atoms with van der Waals surface area (Å²) in [5.41, 5.74) is 3.39. The molecule has 1 aromatic carbocycles. The van der Waals surface area contributed by atoms with E-state index in [4.69, 9.17) is 16.3 Å². The molecule has 0 aromatic heterocycles. The Balaban J connectivity index is 2.22. The van der Waals surface area contributed by atoms with Crippen molar-refractivity contribution in [1.29, 1.82) is 0 Å². The zero-order valence-electron chi connectivity index (χ0n) is 9.83. The first kappa shape index (κ1) is 12.2. The number of hydrogen-bond acceptors (Lipinski definition) is 2. The molecular formula is C14H15ClO2. The van der Waals surface area contributed by atoms with E-state index in [-0.39, 0.29) is 5.97 Å². The molecule has 0 radical (unpaired) electrons. The van der Waals surface area contributed by atoms with Gasteiger partial charge in [0.1, 0.15) is 0 Å². The Bertz CT molecular complexity index is 463. The van der Waals surface area contributed by atoms with Gasteiger partial charge in [-0.05, 0) is 48.6 Å². The molecule has 0 spiro atoms. The molecule has 2 rings (SSSR count). The van der Waals surface area contributed by atoms with Gasteiger partial charge in [-0.2, -0.15) is 0 Å². The minimum Gasteiger partial charge on any atom is -0.466 e. The minimum atomic E-state index is -0.174. The first-order valence-electron chi connectivity index (χ1n) is 5.84. The van der Waals surface area contributed by atoms with Crippen molar-refractivity contribution in [1.82, 2.24) is 0 Å². The zero-order chi connectivity index (χ0) is 12.3. The van der Waals surface area contributed by atoms with Crippen molar-refractivity contribution in [2.75, 3.05) is 6.61 Å². The van der Waals surface area contributed by atoms with E-state index in [1.807, 2.05) is 25.1 Å². The van der Waals surface area contributed by atoms with Crippen LogP contribution in [0.5, 0.6) is 0 Å². The number of benzene rings is 1. The second-order valence-electron chi connectivity index (χ2n) is 4.05. The molecule has 2 nitrogen and oxygen atoms in total. The number of ether oxygens (including phenoxy) is 1. The van der Waals surface area contributed by atoms with Gasteiger partial charge >= 0.3 is 5.97 Å². The molecule has 0 N–H and O–H groups in total. The molecule has 0 bridgehead atoms. The minimum absolute atomic E-state index is 0.174. The zero-order valence-corrected chi connectivity index (χ0v) is 10.6. The Morgan fingerprint density at radius 2 is 2.29 bits per heavy atom. The monoisotopic (exact) mass is 250 g/mol. The Morgan fingerprint density at radius 3 is 3.06 bits per heavy atom. The van der Waals surface area contributed by atoms with Crippen LogP contribution in [0.2, 0.25) is 5.02 Å². The summed E-state index contributed by atoms with van der Waals surface area (Å²) in [6, 6.07) is 5.87. The summed E-state index contributed by atoms with van der Waals surface area (Å²) in [4.78, 5) is 11.5. The highest BCUT2D eigenvalue weighted by atomic mass is 35.5. The van der Waals surface area contributed by atoms with E-state index in [9.17, 15) is 4.79 Å². The molecule has 1 aliphatic carbocycles. The van der Waals surface area contributed by atoms with Crippen LogP contribution in [0.15, 0.2) is 24.3 Å². The molecule has 0 saturated carbocycles. The number of esters is 1. The fraction of sp³-hybridized carbons (Fsp3) is 0.357. The van der Waals surface area contributed by atoms with Crippen LogP contribution in [0.4, 0.5) is 0 Å². The maximum Gasteiger partial charge on any atom is 0.310 e. The molecule has 1 aromatic rings. The fourth-order valence-corrected chi connectivity index (χ4v) is 2.28. The average Bonchev–Trinajstić information content (AvgIpc) is 2.30. The van der Waals surface area contributed by atoms with Crippen LogP contribution in [0.1, 0.15) is 30.9 Å². The SMILES string of the molecule is CCOC(=O)CC1=CCCc2ccc(Cl)cc21. The summed E-state index contributed by atoms with van der Waals surface area (Å²) in [5, 5.41) is 0.709. The first-order valence-corrected chi connectivity index (χ1v) is 6.22. The Kier molecular flexibility index (Phi) is 3.85. The number of halogens is 1. The van der Waals surface area contributed by atoms with Gasteiger partial charge in [0.05, 0.1) is 13.0 Å². The fourth-order valence-electron chi connectivity index (χ4n) is 2.11. The molecule has 90 valence electrons. The predicted octanol–water partition coefficient (Wildman–Crippen LogP) is 3.62. The quantitative estimate of drug-likeness (QED) is 0.766. The lowest BCUT2D eigenvalue weighted by molar-refractivity contribution is -0.141. The molecule has 0 amide bonds. The number of aryl methyl sites for hydroxylation is 1. The van der Waals surface area contributed by atoms with E-state index in [0.29, 0.717) is 18.1 Å². The van der Waals surface area contributed by atoms with E-state index >= 15 is 0 Å². The first-order chi connectivity index (χ1) is 8.20. The van der Waals surface area contributed by atoms with Gasteiger partial charge in [0, 0.05) is 5.02 Å². The van der Waals surface area contributed by atoms with Crippen LogP contribution >= 0.6 is 11.6 Å². The molecular weight excluding hydrogens is 236 g/mol. The summed E-state index contributed by atoms with van der Waals surface area (Å²) in [5.74, 6) is -0.174. The molecule has 3 heteroatoms. The van der Waals surface area contributed by atoms with Crippen molar-refractivity contribution in [3.8, 4) is 0 Å². The van der Waals surface area contributed by atoms with Crippen LogP contribution < -0.4 is 0 Å². The smallest absolute Gasteiger partial charge is 0.310 e. The molecule has 1 aliphatic rings. The highest BCUT2D eigenvalue weighted by molar-refractivity contribution is 6.30. The Hall–Kier alpha value is -1.28. The third-order valence-electron chi connectivity index (χ3n) is 2.86. The Labute approximate surface area is 106 Å². The van der Waals surface area contributed by atoms with Gasteiger partial charge < -0.3 is 4.74 Å². The van der Waals surface area contributed by atoms with Crippen molar-refractivity contribution in [2.24, 2.45) is 0 Å². The van der Waals surface area contributed by atoms with Gasteiger partial charge in [0.2, 0.25) is 0 Å². The van der Waals surface area contributed by atoms with Gasteiger partial charge in [-0.1, -0.05) is 23.7 Å². The highest BCUT2D eigenvalue weighted by Gasteiger charge is 2.16. The van der Waals surface area contributed by atoms with Crippen molar-refractivity contribution in [3.05, 3.63) is 40.4 Å². The molecule has 0 aliphatic heterocycles. The van der Waals surface area contributed by atoms with Gasteiger partial charge in [-0.3, -0.25) is 4.79 Å². The van der Waals surface area contributed by atoms with E-state index in [2.05, 4.69) is 6.08 Å². The second-order valence-corrected chi connectivity index (χ2v) is 4.49. The molecule has 0 fully saturated rings. The summed E-state index contributed by atoms with van der Waals surface area (Å²) in [6.07, 6.45) is 4.43. The standard InChI is InChI=1S/C14H15ClO2/c1-2-17-14(16)8-11-5-3-4-10-6-7-12(15)9-13(10)11/h5-7,9H,2-4,8H2,1H3. The predicted molar refractivity (Wildman–Crippen MR) is 69.0 cm³/mol.